The van der Waals surface area contributed by atoms with E-state index in [1.807, 2.05) is 0 Å². The van der Waals surface area contributed by atoms with Gasteiger partial charge in [0.05, 0.1) is 0 Å². The number of aromatic nitrogens is 2. The van der Waals surface area contributed by atoms with Gasteiger partial charge in [-0.15, -0.1) is 0 Å². The van der Waals surface area contributed by atoms with Gasteiger partial charge in [-0.25, -0.2) is 0 Å². The Bertz CT molecular complexity index is 525. The van der Waals surface area contributed by atoms with Crippen LogP contribution in [0.25, 0.3) is 0 Å². The van der Waals surface area contributed by atoms with Crippen molar-refractivity contribution in [2.75, 3.05) is 0 Å². The molecule has 3 nitrogen and oxygen atoms in total. The molecular formula is C14H21I2N3Pt. The van der Waals surface area contributed by atoms with Gasteiger partial charge in [0, 0.05) is 51.8 Å². The van der Waals surface area contributed by atoms with Crippen LogP contribution in [0.4, 0.5) is 0 Å². The van der Waals surface area contributed by atoms with Crippen LogP contribution in [-0.2, 0) is 19.4 Å². The number of nitrogens with zero attached hydrogens (tertiary/aromatic N) is 3. The summed E-state index contributed by atoms with van der Waals surface area (Å²) in [4.78, 5) is 0. The predicted octanol–water partition coefficient (Wildman–Crippen LogP) is 4.89. The van der Waals surface area contributed by atoms with Crippen molar-refractivity contribution in [1.82, 2.24) is 10.5 Å². The summed E-state index contributed by atoms with van der Waals surface area (Å²) in [5, 5.41) is 0. The summed E-state index contributed by atoms with van der Waals surface area (Å²) >= 11 is 7.16. The Morgan fingerprint density at radius 3 is 2.05 bits per heavy atom. The minimum Gasteiger partial charge on any atom is -0.185 e. The second-order valence-electron chi connectivity index (χ2n) is 6.10. The molecule has 3 saturated carbocycles. The largest absolute Gasteiger partial charge is 0.185 e. The van der Waals surface area contributed by atoms with Crippen LogP contribution >= 0.6 is 45.7 Å². The number of hydrogen-bond donors (Lipinski definition) is 0. The van der Waals surface area contributed by atoms with Crippen LogP contribution in [0.15, 0.2) is 6.20 Å². The van der Waals surface area contributed by atoms with Crippen molar-refractivity contribution in [3.63, 3.8) is 0 Å². The molecule has 116 valence electrons. The molecule has 0 N–H and O–H groups in total. The molecule has 0 bridgehead atoms. The standard InChI is InChI=1S/C10H14N2.C4H7I2N.Pt/c1-8-6-11(9-2-3-9)7-12(8)10-4-5-10;5-7(6)4-2-1-3-4;/h6,9-10H,2-5H2,1H3;4H,1-3H2;. The quantitative estimate of drug-likeness (QED) is 0.328. The minimum atomic E-state index is 0.825. The minimum absolute atomic E-state index is 0.825. The van der Waals surface area contributed by atoms with Crippen molar-refractivity contribution in [3.05, 3.63) is 15.7 Å². The Hall–Kier alpha value is 1.32. The van der Waals surface area contributed by atoms with E-state index in [1.54, 1.807) is 0 Å². The Balaban J connectivity index is 0.000000147. The molecule has 0 aromatic carbocycles. The predicted molar refractivity (Wildman–Crippen MR) is 94.5 cm³/mol. The van der Waals surface area contributed by atoms with Crippen LogP contribution in [0, 0.1) is 10.7 Å². The zero-order valence-corrected chi connectivity index (χ0v) is 18.3. The maximum absolute atomic E-state index is 2.51. The van der Waals surface area contributed by atoms with Crippen LogP contribution in [0.5, 0.6) is 0 Å². The second-order valence-corrected chi connectivity index (χ2v) is 11.0. The molecule has 0 unspecified atom stereocenters. The van der Waals surface area contributed by atoms with Gasteiger partial charge in [-0.05, 0) is 12.8 Å². The molecule has 4 rings (SSSR count). The van der Waals surface area contributed by atoms with Crippen LogP contribution in [0.2, 0.25) is 0 Å². The van der Waals surface area contributed by atoms with Gasteiger partial charge in [0.1, 0.15) is 0 Å². The number of imidazole rings is 1. The van der Waals surface area contributed by atoms with Crippen LogP contribution in [0.3, 0.4) is 0 Å². The normalized spacial score (nSPS) is 22.5. The molecule has 0 atom stereocenters. The SMILES string of the molecule is Cc1cn(C2CC2)[c](=[Pt])n1C1CC1.IN(I)C1CCC1. The van der Waals surface area contributed by atoms with Crippen molar-refractivity contribution < 1.29 is 19.4 Å². The number of aryl methyl sites for hydroxylation is 1. The fraction of sp³-hybridized carbons (Fsp3) is 0.786. The molecule has 0 saturated heterocycles. The van der Waals surface area contributed by atoms with E-state index >= 15 is 0 Å². The molecule has 1 aromatic heterocycles. The van der Waals surface area contributed by atoms with E-state index in [2.05, 4.69) is 88.7 Å². The second kappa shape index (κ2) is 6.83. The van der Waals surface area contributed by atoms with Gasteiger partial charge in [-0.1, -0.05) is 6.42 Å². The van der Waals surface area contributed by atoms with Gasteiger partial charge >= 0.3 is 88.9 Å². The molecular weight excluding hydrogens is 659 g/mol. The van der Waals surface area contributed by atoms with Gasteiger partial charge < -0.3 is 0 Å². The smallest absolute Gasteiger partial charge is 0.0311 e. The van der Waals surface area contributed by atoms with E-state index in [-0.39, 0.29) is 0 Å². The third-order valence-corrected chi connectivity index (χ3v) is 7.00. The molecule has 1 heterocycles. The maximum atomic E-state index is 2.51. The maximum Gasteiger partial charge on any atom is 0.0311 e. The van der Waals surface area contributed by atoms with Crippen molar-refractivity contribution in [1.29, 1.82) is 0 Å². The van der Waals surface area contributed by atoms with E-state index in [0.29, 0.717) is 0 Å². The molecule has 0 radical (unpaired) electrons. The van der Waals surface area contributed by atoms with Gasteiger partial charge in [0.2, 0.25) is 0 Å². The van der Waals surface area contributed by atoms with Gasteiger partial charge in [-0.3, -0.25) is 0 Å². The molecule has 1 aromatic rings. The fourth-order valence-corrected chi connectivity index (χ4v) is 5.00. The van der Waals surface area contributed by atoms with Crippen molar-refractivity contribution in [2.45, 2.75) is 70.0 Å². The van der Waals surface area contributed by atoms with Crippen molar-refractivity contribution >= 4 is 45.7 Å². The average molecular weight is 680 g/mol. The molecule has 6 heteroatoms. The van der Waals surface area contributed by atoms with Crippen molar-refractivity contribution in [3.8, 4) is 0 Å². The molecule has 0 spiro atoms. The Labute approximate surface area is 159 Å². The number of halogens is 2. The molecule has 3 aliphatic rings. The molecule has 0 amide bonds. The molecule has 20 heavy (non-hydrogen) atoms. The van der Waals surface area contributed by atoms with E-state index in [0.717, 1.165) is 18.1 Å². The third-order valence-electron chi connectivity index (χ3n) is 4.29. The Kier molecular flexibility index (Phi) is 5.53. The Morgan fingerprint density at radius 1 is 1.10 bits per heavy atom. The zero-order chi connectivity index (χ0) is 14.3. The molecule has 3 fully saturated rings. The first-order valence-corrected chi connectivity index (χ1v) is 10.5. The van der Waals surface area contributed by atoms with E-state index in [1.165, 1.54) is 54.4 Å². The number of hydrogen-bond acceptors (Lipinski definition) is 1. The monoisotopic (exact) mass is 680 g/mol. The van der Waals surface area contributed by atoms with Crippen molar-refractivity contribution in [2.24, 2.45) is 0 Å². The summed E-state index contributed by atoms with van der Waals surface area (Å²) in [5.74, 6) is 0. The topological polar surface area (TPSA) is 13.1 Å². The zero-order valence-electron chi connectivity index (χ0n) is 11.7. The first-order chi connectivity index (χ1) is 9.58. The Morgan fingerprint density at radius 2 is 1.70 bits per heavy atom. The van der Waals surface area contributed by atoms with E-state index in [4.69, 9.17) is 0 Å². The first kappa shape index (κ1) is 16.2. The third kappa shape index (κ3) is 3.80. The van der Waals surface area contributed by atoms with Gasteiger partial charge in [-0.2, -0.15) is 1.33 Å². The summed E-state index contributed by atoms with van der Waals surface area (Å²) in [6.45, 7) is 2.24. The summed E-state index contributed by atoms with van der Waals surface area (Å²) in [6.07, 6.45) is 12.1. The molecule has 3 aliphatic carbocycles. The average Bonchev–Trinajstić information content (AvgIpc) is 3.19. The summed E-state index contributed by atoms with van der Waals surface area (Å²) in [6, 6.07) is 2.54. The summed E-state index contributed by atoms with van der Waals surface area (Å²) < 4.78 is 8.68. The summed E-state index contributed by atoms with van der Waals surface area (Å²) in [7, 11) is 0. The summed E-state index contributed by atoms with van der Waals surface area (Å²) in [5.41, 5.74) is 1.44. The van der Waals surface area contributed by atoms with Gasteiger partial charge in [0.15, 0.2) is 0 Å². The number of rotatable bonds is 3. The molecule has 0 aliphatic heterocycles. The van der Waals surface area contributed by atoms with Gasteiger partial charge in [0.25, 0.3) is 0 Å². The van der Waals surface area contributed by atoms with Crippen LogP contribution < -0.4 is 0 Å². The van der Waals surface area contributed by atoms with Crippen LogP contribution in [-0.4, -0.2) is 16.5 Å². The van der Waals surface area contributed by atoms with Crippen LogP contribution in [0.1, 0.15) is 62.7 Å². The van der Waals surface area contributed by atoms with E-state index < -0.39 is 0 Å². The first-order valence-electron chi connectivity index (χ1n) is 7.44. The van der Waals surface area contributed by atoms with E-state index in [9.17, 15) is 0 Å². The fourth-order valence-electron chi connectivity index (χ4n) is 2.51.